The zero-order chi connectivity index (χ0) is 15.5. The van der Waals surface area contributed by atoms with Crippen LogP contribution in [-0.4, -0.2) is 6.36 Å². The first-order valence-electron chi connectivity index (χ1n) is 6.18. The lowest BCUT2D eigenvalue weighted by Gasteiger charge is -2.10. The summed E-state index contributed by atoms with van der Waals surface area (Å²) in [4.78, 5) is 0.964. The van der Waals surface area contributed by atoms with Crippen LogP contribution in [0.2, 0.25) is 0 Å². The SMILES string of the molecule is Cc1cccc(SCc2ccc(OC(F)(F)F)cc2)c1N. The number of aryl methyl sites for hydroxylation is 1. The molecule has 6 heteroatoms. The molecule has 0 saturated heterocycles. The molecule has 0 heterocycles. The third-order valence-corrected chi connectivity index (χ3v) is 3.98. The van der Waals surface area contributed by atoms with Crippen molar-refractivity contribution in [2.24, 2.45) is 0 Å². The summed E-state index contributed by atoms with van der Waals surface area (Å²) >= 11 is 1.55. The predicted octanol–water partition coefficient (Wildman–Crippen LogP) is 4.77. The highest BCUT2D eigenvalue weighted by molar-refractivity contribution is 7.98. The van der Waals surface area contributed by atoms with Crippen LogP contribution in [0.3, 0.4) is 0 Å². The molecule has 2 nitrogen and oxygen atoms in total. The van der Waals surface area contributed by atoms with Crippen molar-refractivity contribution in [3.63, 3.8) is 0 Å². The molecule has 0 aliphatic rings. The number of ether oxygens (including phenoxy) is 1. The highest BCUT2D eigenvalue weighted by Gasteiger charge is 2.30. The zero-order valence-corrected chi connectivity index (χ0v) is 12.1. The monoisotopic (exact) mass is 313 g/mol. The average Bonchev–Trinajstić information content (AvgIpc) is 2.40. The third kappa shape index (κ3) is 4.60. The number of anilines is 1. The number of nitrogen functional groups attached to an aromatic ring is 1. The van der Waals surface area contributed by atoms with E-state index in [1.807, 2.05) is 25.1 Å². The molecule has 0 aromatic heterocycles. The molecule has 0 unspecified atom stereocenters. The maximum absolute atomic E-state index is 12.1. The van der Waals surface area contributed by atoms with Crippen molar-refractivity contribution < 1.29 is 17.9 Å². The van der Waals surface area contributed by atoms with Gasteiger partial charge in [0.05, 0.1) is 0 Å². The normalized spacial score (nSPS) is 11.4. The summed E-state index contributed by atoms with van der Waals surface area (Å²) in [6, 6.07) is 11.6. The average molecular weight is 313 g/mol. The number of alkyl halides is 3. The van der Waals surface area contributed by atoms with Crippen LogP contribution < -0.4 is 10.5 Å². The summed E-state index contributed by atoms with van der Waals surface area (Å²) in [7, 11) is 0. The molecule has 0 atom stereocenters. The number of halogens is 3. The van der Waals surface area contributed by atoms with Crippen LogP contribution in [0.25, 0.3) is 0 Å². The predicted molar refractivity (Wildman–Crippen MR) is 78.3 cm³/mol. The Balaban J connectivity index is 1.99. The second-order valence-electron chi connectivity index (χ2n) is 4.47. The van der Waals surface area contributed by atoms with Crippen molar-refractivity contribution in [2.75, 3.05) is 5.73 Å². The van der Waals surface area contributed by atoms with Crippen LogP contribution in [0.15, 0.2) is 47.4 Å². The fourth-order valence-electron chi connectivity index (χ4n) is 1.73. The van der Waals surface area contributed by atoms with Crippen LogP contribution in [0, 0.1) is 6.92 Å². The van der Waals surface area contributed by atoms with Gasteiger partial charge in [-0.3, -0.25) is 0 Å². The van der Waals surface area contributed by atoms with E-state index >= 15 is 0 Å². The molecule has 2 rings (SSSR count). The molecule has 0 fully saturated rings. The molecule has 2 aromatic rings. The molecular weight excluding hydrogens is 299 g/mol. The van der Waals surface area contributed by atoms with Crippen LogP contribution in [0.1, 0.15) is 11.1 Å². The molecule has 0 amide bonds. The van der Waals surface area contributed by atoms with Crippen molar-refractivity contribution in [2.45, 2.75) is 23.9 Å². The van der Waals surface area contributed by atoms with Crippen LogP contribution >= 0.6 is 11.8 Å². The number of nitrogens with two attached hydrogens (primary N) is 1. The Bertz CT molecular complexity index is 611. The molecule has 0 saturated carbocycles. The van der Waals surface area contributed by atoms with E-state index in [1.54, 1.807) is 23.9 Å². The quantitative estimate of drug-likeness (QED) is 0.652. The van der Waals surface area contributed by atoms with Gasteiger partial charge in [-0.25, -0.2) is 0 Å². The molecule has 0 aliphatic carbocycles. The maximum atomic E-state index is 12.1. The standard InChI is InChI=1S/C15H14F3NOS/c1-10-3-2-4-13(14(10)19)21-9-11-5-7-12(8-6-11)20-15(16,17)18/h2-8H,9,19H2,1H3. The first kappa shape index (κ1) is 15.6. The van der Waals surface area contributed by atoms with Crippen molar-refractivity contribution in [1.82, 2.24) is 0 Å². The molecule has 0 bridgehead atoms. The number of hydrogen-bond acceptors (Lipinski definition) is 3. The number of thioether (sulfide) groups is 1. The van der Waals surface area contributed by atoms with Gasteiger partial charge in [-0.2, -0.15) is 0 Å². The Morgan fingerprint density at radius 1 is 1.10 bits per heavy atom. The van der Waals surface area contributed by atoms with Gasteiger partial charge in [-0.05, 0) is 36.2 Å². The van der Waals surface area contributed by atoms with Gasteiger partial charge >= 0.3 is 6.36 Å². The third-order valence-electron chi connectivity index (χ3n) is 2.84. The van der Waals surface area contributed by atoms with Gasteiger partial charge in [-0.1, -0.05) is 24.3 Å². The lowest BCUT2D eigenvalue weighted by Crippen LogP contribution is -2.16. The van der Waals surface area contributed by atoms with Crippen LogP contribution in [0.5, 0.6) is 5.75 Å². The van der Waals surface area contributed by atoms with E-state index in [1.165, 1.54) is 12.1 Å². The summed E-state index contributed by atoms with van der Waals surface area (Å²) < 4.78 is 40.0. The van der Waals surface area contributed by atoms with Crippen molar-refractivity contribution in [3.8, 4) is 5.75 Å². The molecule has 2 aromatic carbocycles. The first-order chi connectivity index (χ1) is 9.85. The van der Waals surface area contributed by atoms with Gasteiger partial charge in [-0.15, -0.1) is 24.9 Å². The van der Waals surface area contributed by atoms with E-state index in [0.717, 1.165) is 21.7 Å². The second-order valence-corrected chi connectivity index (χ2v) is 5.48. The van der Waals surface area contributed by atoms with Crippen molar-refractivity contribution >= 4 is 17.4 Å². The Kier molecular flexibility index (Phi) is 4.67. The smallest absolute Gasteiger partial charge is 0.406 e. The maximum Gasteiger partial charge on any atom is 0.573 e. The largest absolute Gasteiger partial charge is 0.573 e. The summed E-state index contributed by atoms with van der Waals surface area (Å²) in [5, 5.41) is 0. The number of rotatable bonds is 4. The van der Waals surface area contributed by atoms with E-state index in [2.05, 4.69) is 4.74 Å². The van der Waals surface area contributed by atoms with Gasteiger partial charge in [0, 0.05) is 16.3 Å². The summed E-state index contributed by atoms with van der Waals surface area (Å²) in [5.41, 5.74) is 8.62. The number of para-hydroxylation sites is 1. The minimum atomic E-state index is -4.66. The summed E-state index contributed by atoms with van der Waals surface area (Å²) in [5.74, 6) is 0.409. The first-order valence-corrected chi connectivity index (χ1v) is 7.16. The van der Waals surface area contributed by atoms with Gasteiger partial charge in [0.2, 0.25) is 0 Å². The molecule has 0 radical (unpaired) electrons. The Labute approximate surface area is 125 Å². The molecule has 0 aliphatic heterocycles. The Morgan fingerprint density at radius 2 is 1.76 bits per heavy atom. The molecule has 2 N–H and O–H groups in total. The minimum absolute atomic E-state index is 0.216. The second kappa shape index (κ2) is 6.30. The fourth-order valence-corrected chi connectivity index (χ4v) is 2.73. The zero-order valence-electron chi connectivity index (χ0n) is 11.3. The lowest BCUT2D eigenvalue weighted by atomic mass is 10.2. The molecule has 112 valence electrons. The van der Waals surface area contributed by atoms with Crippen molar-refractivity contribution in [1.29, 1.82) is 0 Å². The topological polar surface area (TPSA) is 35.2 Å². The van der Waals surface area contributed by atoms with Gasteiger partial charge in [0.1, 0.15) is 5.75 Å². The highest BCUT2D eigenvalue weighted by Crippen LogP contribution is 2.31. The molecule has 21 heavy (non-hydrogen) atoms. The lowest BCUT2D eigenvalue weighted by molar-refractivity contribution is -0.274. The molecule has 0 spiro atoms. The molecular formula is C15H14F3NOS. The van der Waals surface area contributed by atoms with Gasteiger partial charge in [0.15, 0.2) is 0 Å². The summed E-state index contributed by atoms with van der Waals surface area (Å²) in [6.07, 6.45) is -4.66. The van der Waals surface area contributed by atoms with Gasteiger partial charge < -0.3 is 10.5 Å². The Morgan fingerprint density at radius 3 is 2.38 bits per heavy atom. The Hall–Kier alpha value is -1.82. The number of benzene rings is 2. The fraction of sp³-hybridized carbons (Fsp3) is 0.200. The van der Waals surface area contributed by atoms with E-state index < -0.39 is 6.36 Å². The summed E-state index contributed by atoms with van der Waals surface area (Å²) in [6.45, 7) is 1.93. The highest BCUT2D eigenvalue weighted by atomic mass is 32.2. The van der Waals surface area contributed by atoms with Crippen molar-refractivity contribution in [3.05, 3.63) is 53.6 Å². The van der Waals surface area contributed by atoms with Crippen LogP contribution in [0.4, 0.5) is 18.9 Å². The van der Waals surface area contributed by atoms with E-state index in [4.69, 9.17) is 5.73 Å². The van der Waals surface area contributed by atoms with Gasteiger partial charge in [0.25, 0.3) is 0 Å². The van der Waals surface area contributed by atoms with E-state index in [9.17, 15) is 13.2 Å². The van der Waals surface area contributed by atoms with E-state index in [0.29, 0.717) is 5.75 Å². The van der Waals surface area contributed by atoms with Crippen LogP contribution in [-0.2, 0) is 5.75 Å². The minimum Gasteiger partial charge on any atom is -0.406 e. The number of hydrogen-bond donors (Lipinski definition) is 1. The van der Waals surface area contributed by atoms with E-state index in [-0.39, 0.29) is 5.75 Å².